The molecule has 1 heterocycles. The monoisotopic (exact) mass is 255 g/mol. The molecule has 0 aromatic carbocycles. The fraction of sp³-hybridized carbons (Fsp3) is 0.667. The first-order valence-electron chi connectivity index (χ1n) is 6.13. The molecule has 17 heavy (non-hydrogen) atoms. The molecule has 94 valence electrons. The Bertz CT molecular complexity index is 426. The summed E-state index contributed by atoms with van der Waals surface area (Å²) in [6, 6.07) is 0. The third kappa shape index (κ3) is 3.00. The molecule has 1 fully saturated rings. The van der Waals surface area contributed by atoms with Gasteiger partial charge < -0.3 is 9.88 Å². The Labute approximate surface area is 106 Å². The van der Waals surface area contributed by atoms with E-state index >= 15 is 0 Å². The summed E-state index contributed by atoms with van der Waals surface area (Å²) >= 11 is 5.96. The molecule has 0 saturated heterocycles. The van der Waals surface area contributed by atoms with Crippen LogP contribution in [0.25, 0.3) is 0 Å². The zero-order valence-electron chi connectivity index (χ0n) is 10.1. The second-order valence-electron chi connectivity index (χ2n) is 4.75. The van der Waals surface area contributed by atoms with Crippen molar-refractivity contribution in [1.82, 2.24) is 9.97 Å². The highest BCUT2D eigenvalue weighted by Gasteiger charge is 2.18. The lowest BCUT2D eigenvalue weighted by molar-refractivity contribution is 0.361. The maximum absolute atomic E-state index is 11.4. The molecule has 1 aliphatic carbocycles. The molecule has 0 atom stereocenters. The van der Waals surface area contributed by atoms with Gasteiger partial charge in [-0.05, 0) is 18.8 Å². The van der Waals surface area contributed by atoms with Crippen LogP contribution in [0.1, 0.15) is 32.1 Å². The van der Waals surface area contributed by atoms with Crippen LogP contribution in [0.4, 0.5) is 5.82 Å². The van der Waals surface area contributed by atoms with Gasteiger partial charge in [-0.1, -0.05) is 30.9 Å². The number of hydrogen-bond donors (Lipinski definition) is 1. The van der Waals surface area contributed by atoms with Gasteiger partial charge in [-0.3, -0.25) is 4.79 Å². The van der Waals surface area contributed by atoms with Crippen molar-refractivity contribution in [2.75, 3.05) is 18.5 Å². The maximum Gasteiger partial charge on any atom is 0.271 e. The normalized spacial score (nSPS) is 17.1. The summed E-state index contributed by atoms with van der Waals surface area (Å²) in [6.07, 6.45) is 7.92. The van der Waals surface area contributed by atoms with Crippen molar-refractivity contribution < 1.29 is 0 Å². The van der Waals surface area contributed by atoms with Gasteiger partial charge in [-0.15, -0.1) is 0 Å². The number of aromatic nitrogens is 2. The predicted octanol–water partition coefficient (Wildman–Crippen LogP) is 2.44. The molecule has 0 unspecified atom stereocenters. The van der Waals surface area contributed by atoms with E-state index in [9.17, 15) is 4.79 Å². The van der Waals surface area contributed by atoms with E-state index in [-0.39, 0.29) is 10.6 Å². The standard InChI is InChI=1S/C12H18ClN3O/c1-16(7-9-5-3-2-4-6-9)11-10(13)12(17)15-8-14-11/h8-9H,2-7H2,1H3,(H,14,15,17). The van der Waals surface area contributed by atoms with E-state index in [4.69, 9.17) is 11.6 Å². The van der Waals surface area contributed by atoms with Crippen LogP contribution in [0.15, 0.2) is 11.1 Å². The Hall–Kier alpha value is -1.03. The number of H-pyrrole nitrogens is 1. The van der Waals surface area contributed by atoms with Crippen molar-refractivity contribution in [3.63, 3.8) is 0 Å². The van der Waals surface area contributed by atoms with Gasteiger partial charge >= 0.3 is 0 Å². The number of nitrogens with zero attached hydrogens (tertiary/aromatic N) is 2. The molecule has 0 radical (unpaired) electrons. The average Bonchev–Trinajstić information content (AvgIpc) is 2.34. The molecular formula is C12H18ClN3O. The number of halogens is 1. The van der Waals surface area contributed by atoms with Gasteiger partial charge in [0.1, 0.15) is 5.02 Å². The minimum Gasteiger partial charge on any atom is -0.358 e. The summed E-state index contributed by atoms with van der Waals surface area (Å²) in [4.78, 5) is 20.0. The summed E-state index contributed by atoms with van der Waals surface area (Å²) < 4.78 is 0. The van der Waals surface area contributed by atoms with Crippen molar-refractivity contribution in [1.29, 1.82) is 0 Å². The molecule has 1 aliphatic rings. The molecule has 0 spiro atoms. The van der Waals surface area contributed by atoms with Crippen LogP contribution >= 0.6 is 11.6 Å². The number of anilines is 1. The average molecular weight is 256 g/mol. The zero-order valence-corrected chi connectivity index (χ0v) is 10.8. The van der Waals surface area contributed by atoms with Crippen LogP contribution in [-0.2, 0) is 0 Å². The Morgan fingerprint density at radius 1 is 1.47 bits per heavy atom. The van der Waals surface area contributed by atoms with Crippen LogP contribution < -0.4 is 10.5 Å². The highest BCUT2D eigenvalue weighted by molar-refractivity contribution is 6.32. The van der Waals surface area contributed by atoms with Gasteiger partial charge in [0.05, 0.1) is 6.33 Å². The van der Waals surface area contributed by atoms with Gasteiger partial charge in [-0.2, -0.15) is 0 Å². The molecule has 4 nitrogen and oxygen atoms in total. The lowest BCUT2D eigenvalue weighted by atomic mass is 9.89. The van der Waals surface area contributed by atoms with Crippen molar-refractivity contribution in [3.05, 3.63) is 21.7 Å². The maximum atomic E-state index is 11.4. The first kappa shape index (κ1) is 12.4. The lowest BCUT2D eigenvalue weighted by Crippen LogP contribution is -2.29. The molecule has 0 bridgehead atoms. The highest BCUT2D eigenvalue weighted by atomic mass is 35.5. The van der Waals surface area contributed by atoms with E-state index in [1.165, 1.54) is 38.4 Å². The summed E-state index contributed by atoms with van der Waals surface area (Å²) in [5, 5.41) is 0.186. The minimum atomic E-state index is -0.271. The van der Waals surface area contributed by atoms with E-state index in [0.29, 0.717) is 11.7 Å². The molecule has 1 aromatic heterocycles. The molecule has 1 aromatic rings. The number of nitrogens with one attached hydrogen (secondary N) is 1. The van der Waals surface area contributed by atoms with E-state index in [2.05, 4.69) is 9.97 Å². The molecule has 0 amide bonds. The second-order valence-corrected chi connectivity index (χ2v) is 5.13. The Kier molecular flexibility index (Phi) is 4.05. The largest absolute Gasteiger partial charge is 0.358 e. The van der Waals surface area contributed by atoms with Crippen molar-refractivity contribution in [3.8, 4) is 0 Å². The van der Waals surface area contributed by atoms with E-state index in [1.54, 1.807) is 0 Å². The number of rotatable bonds is 3. The minimum absolute atomic E-state index is 0.186. The first-order valence-corrected chi connectivity index (χ1v) is 6.50. The van der Waals surface area contributed by atoms with Gasteiger partial charge in [0.15, 0.2) is 5.82 Å². The van der Waals surface area contributed by atoms with Gasteiger partial charge in [0, 0.05) is 13.6 Å². The second kappa shape index (κ2) is 5.54. The molecule has 0 aliphatic heterocycles. The van der Waals surface area contributed by atoms with Gasteiger partial charge in [0.25, 0.3) is 5.56 Å². The molecule has 1 N–H and O–H groups in total. The molecule has 5 heteroatoms. The van der Waals surface area contributed by atoms with Crippen molar-refractivity contribution >= 4 is 17.4 Å². The first-order chi connectivity index (χ1) is 8.18. The van der Waals surface area contributed by atoms with Crippen LogP contribution in [0.2, 0.25) is 5.02 Å². The van der Waals surface area contributed by atoms with Crippen molar-refractivity contribution in [2.45, 2.75) is 32.1 Å². The van der Waals surface area contributed by atoms with Crippen LogP contribution in [-0.4, -0.2) is 23.6 Å². The molecule has 1 saturated carbocycles. The zero-order chi connectivity index (χ0) is 12.3. The summed E-state index contributed by atoms with van der Waals surface area (Å²) in [5.74, 6) is 1.28. The van der Waals surface area contributed by atoms with E-state index in [0.717, 1.165) is 6.54 Å². The Balaban J connectivity index is 2.06. The predicted molar refractivity (Wildman–Crippen MR) is 69.7 cm³/mol. The summed E-state index contributed by atoms with van der Waals surface area (Å²) in [5.41, 5.74) is -0.271. The van der Waals surface area contributed by atoms with E-state index < -0.39 is 0 Å². The van der Waals surface area contributed by atoms with Crippen LogP contribution in [0, 0.1) is 5.92 Å². The lowest BCUT2D eigenvalue weighted by Gasteiger charge is -2.27. The fourth-order valence-corrected chi connectivity index (χ4v) is 2.73. The summed E-state index contributed by atoms with van der Waals surface area (Å²) in [7, 11) is 1.95. The van der Waals surface area contributed by atoms with E-state index in [1.807, 2.05) is 11.9 Å². The van der Waals surface area contributed by atoms with Crippen LogP contribution in [0.3, 0.4) is 0 Å². The Morgan fingerprint density at radius 3 is 2.88 bits per heavy atom. The van der Waals surface area contributed by atoms with Gasteiger partial charge in [-0.25, -0.2) is 4.98 Å². The van der Waals surface area contributed by atoms with Crippen LogP contribution in [0.5, 0.6) is 0 Å². The third-order valence-corrected chi connectivity index (χ3v) is 3.74. The quantitative estimate of drug-likeness (QED) is 0.903. The SMILES string of the molecule is CN(CC1CCCCC1)c1nc[nH]c(=O)c1Cl. The fourth-order valence-electron chi connectivity index (χ4n) is 2.48. The topological polar surface area (TPSA) is 49.0 Å². The smallest absolute Gasteiger partial charge is 0.271 e. The number of hydrogen-bond acceptors (Lipinski definition) is 3. The number of aromatic amines is 1. The summed E-state index contributed by atoms with van der Waals surface area (Å²) in [6.45, 7) is 0.927. The van der Waals surface area contributed by atoms with Crippen molar-refractivity contribution in [2.24, 2.45) is 5.92 Å². The molecule has 2 rings (SSSR count). The molecular weight excluding hydrogens is 238 g/mol. The Morgan fingerprint density at radius 2 is 2.18 bits per heavy atom. The third-order valence-electron chi connectivity index (χ3n) is 3.40. The van der Waals surface area contributed by atoms with Gasteiger partial charge in [0.2, 0.25) is 0 Å². The highest BCUT2D eigenvalue weighted by Crippen LogP contribution is 2.26.